The van der Waals surface area contributed by atoms with Crippen molar-refractivity contribution in [3.8, 4) is 0 Å². The minimum Gasteiger partial charge on any atom is -0.628 e. The Hall–Kier alpha value is -1.54. The van der Waals surface area contributed by atoms with Gasteiger partial charge in [0.15, 0.2) is 6.61 Å². The molecule has 118 valence electrons. The lowest BCUT2D eigenvalue weighted by molar-refractivity contribution is -0.869. The lowest BCUT2D eigenvalue weighted by atomic mass is 10.3. The van der Waals surface area contributed by atoms with Crippen LogP contribution in [0.25, 0.3) is 0 Å². The van der Waals surface area contributed by atoms with E-state index in [2.05, 4.69) is 9.31 Å². The third kappa shape index (κ3) is 9.40. The molecule has 8 nitrogen and oxygen atoms in total. The van der Waals surface area contributed by atoms with E-state index in [9.17, 15) is 10.1 Å². The van der Waals surface area contributed by atoms with Gasteiger partial charge in [0.05, 0.1) is 18.8 Å². The summed E-state index contributed by atoms with van der Waals surface area (Å²) in [4.78, 5) is 11.2. The monoisotopic (exact) mass is 294 g/mol. The second-order valence-electron chi connectivity index (χ2n) is 4.05. The molecule has 0 heterocycles. The number of carbonyl (C=O) groups is 1. The molecule has 8 heteroatoms. The highest BCUT2D eigenvalue weighted by Gasteiger charge is 2.25. The Morgan fingerprint density at radius 1 is 1.05 bits per heavy atom. The highest BCUT2D eigenvalue weighted by molar-refractivity contribution is 5.76. The number of ether oxygens (including phenoxy) is 5. The van der Waals surface area contributed by atoms with Crippen LogP contribution in [0.15, 0.2) is 0 Å². The maximum absolute atomic E-state index is 11.2. The molecule has 2 unspecified atom stereocenters. The summed E-state index contributed by atoms with van der Waals surface area (Å²) >= 11 is 0. The molecule has 0 N–H and O–H groups in total. The molecular weight excluding hydrogens is 272 g/mol. The van der Waals surface area contributed by atoms with Gasteiger partial charge < -0.3 is 24.2 Å². The zero-order valence-corrected chi connectivity index (χ0v) is 12.2. The van der Waals surface area contributed by atoms with Crippen LogP contribution >= 0.6 is 0 Å². The Labute approximate surface area is 118 Å². The summed E-state index contributed by atoms with van der Waals surface area (Å²) < 4.78 is 27.5. The van der Waals surface area contributed by atoms with Gasteiger partial charge in [-0.3, -0.25) is 4.58 Å². The number of methoxy groups -OCH3 is 2. The van der Waals surface area contributed by atoms with Gasteiger partial charge in [0.25, 0.3) is 0 Å². The van der Waals surface area contributed by atoms with Crippen molar-refractivity contribution < 1.29 is 38.3 Å². The van der Waals surface area contributed by atoms with E-state index in [-0.39, 0.29) is 25.4 Å². The molecule has 0 aromatic carbocycles. The molecule has 0 spiro atoms. The largest absolute Gasteiger partial charge is 0.735 e. The van der Waals surface area contributed by atoms with Crippen molar-refractivity contribution in [2.75, 3.05) is 27.4 Å². The van der Waals surface area contributed by atoms with E-state index in [4.69, 9.17) is 18.9 Å². The average molecular weight is 294 g/mol. The summed E-state index contributed by atoms with van der Waals surface area (Å²) in [6, 6.07) is 0. The zero-order valence-electron chi connectivity index (χ0n) is 12.2. The molecule has 0 aliphatic carbocycles. The SMILES string of the molecule is COC(C)CCOC(=O)OC(OCCC(C)OC)=[O+][O-]. The topological polar surface area (TPSA) is 97.6 Å². The van der Waals surface area contributed by atoms with E-state index in [1.165, 1.54) is 0 Å². The molecule has 0 bridgehead atoms. The molecule has 0 aliphatic heterocycles. The van der Waals surface area contributed by atoms with E-state index in [1.54, 1.807) is 14.2 Å². The molecule has 0 fully saturated rings. The maximum Gasteiger partial charge on any atom is 0.735 e. The summed E-state index contributed by atoms with van der Waals surface area (Å²) in [5.41, 5.74) is 0. The Balaban J connectivity index is 3.84. The van der Waals surface area contributed by atoms with E-state index < -0.39 is 12.3 Å². The molecule has 0 amide bonds. The van der Waals surface area contributed by atoms with Crippen LogP contribution in [0.5, 0.6) is 0 Å². The molecule has 0 saturated heterocycles. The number of hydrogen-bond donors (Lipinski definition) is 0. The predicted molar refractivity (Wildman–Crippen MR) is 66.0 cm³/mol. The van der Waals surface area contributed by atoms with Crippen molar-refractivity contribution in [2.24, 2.45) is 0 Å². The lowest BCUT2D eigenvalue weighted by Gasteiger charge is -2.08. The van der Waals surface area contributed by atoms with E-state index >= 15 is 0 Å². The molecule has 20 heavy (non-hydrogen) atoms. The van der Waals surface area contributed by atoms with Crippen LogP contribution in [0.4, 0.5) is 9.37 Å². The molecule has 2 atom stereocenters. The minimum atomic E-state index is -1.07. The highest BCUT2D eigenvalue weighted by atomic mass is 17.1. The predicted octanol–water partition coefficient (Wildman–Crippen LogP) is 0.937. The fourth-order valence-electron chi connectivity index (χ4n) is 1.02. The van der Waals surface area contributed by atoms with Gasteiger partial charge in [-0.15, -0.1) is 0 Å². The van der Waals surface area contributed by atoms with Crippen molar-refractivity contribution >= 4 is 12.3 Å². The first-order valence-corrected chi connectivity index (χ1v) is 6.23. The lowest BCUT2D eigenvalue weighted by Crippen LogP contribution is -2.21. The number of carbonyl (C=O) groups excluding carboxylic acids is 2. The van der Waals surface area contributed by atoms with Crippen molar-refractivity contribution in [2.45, 2.75) is 38.9 Å². The van der Waals surface area contributed by atoms with Crippen LogP contribution in [0.3, 0.4) is 0 Å². The van der Waals surface area contributed by atoms with Crippen LogP contribution in [0, 0.1) is 0 Å². The van der Waals surface area contributed by atoms with E-state index in [0.29, 0.717) is 12.8 Å². The van der Waals surface area contributed by atoms with Gasteiger partial charge in [0.2, 0.25) is 0 Å². The van der Waals surface area contributed by atoms with Crippen molar-refractivity contribution in [1.82, 2.24) is 0 Å². The molecule has 0 rings (SSSR count). The highest BCUT2D eigenvalue weighted by Crippen LogP contribution is 2.00. The van der Waals surface area contributed by atoms with Crippen LogP contribution in [0.2, 0.25) is 0 Å². The first-order chi connectivity index (χ1) is 9.53. The first-order valence-electron chi connectivity index (χ1n) is 6.23. The summed E-state index contributed by atoms with van der Waals surface area (Å²) in [5, 5.41) is 10.3. The standard InChI is InChI=1S/C12H22O8/c1-9(15-3)5-7-17-11(13)19-12(20-14)18-8-6-10(2)16-4/h9-10H,5-8H2,1-4H3. The number of hydrogen-bond acceptors (Lipinski definition) is 7. The molecule has 0 radical (unpaired) electrons. The molecule has 0 aromatic rings. The van der Waals surface area contributed by atoms with Gasteiger partial charge in [0.1, 0.15) is 0 Å². The summed E-state index contributed by atoms with van der Waals surface area (Å²) in [6.45, 7) is 3.86. The van der Waals surface area contributed by atoms with Crippen molar-refractivity contribution in [1.29, 1.82) is 0 Å². The normalized spacial score (nSPS) is 14.5. The van der Waals surface area contributed by atoms with E-state index in [1.807, 2.05) is 13.8 Å². The van der Waals surface area contributed by atoms with Gasteiger partial charge in [-0.2, -0.15) is 4.79 Å². The van der Waals surface area contributed by atoms with Crippen molar-refractivity contribution in [3.63, 3.8) is 0 Å². The summed E-state index contributed by atoms with van der Waals surface area (Å²) in [6.07, 6.45) is -0.949. The van der Waals surface area contributed by atoms with Gasteiger partial charge in [0, 0.05) is 27.1 Å². The van der Waals surface area contributed by atoms with Gasteiger partial charge in [-0.1, -0.05) is 0 Å². The Morgan fingerprint density at radius 2 is 1.55 bits per heavy atom. The van der Waals surface area contributed by atoms with Crippen LogP contribution in [-0.4, -0.2) is 52.0 Å². The average Bonchev–Trinajstić information content (AvgIpc) is 2.45. The first kappa shape index (κ1) is 18.5. The second-order valence-corrected chi connectivity index (χ2v) is 4.05. The van der Waals surface area contributed by atoms with Gasteiger partial charge >= 0.3 is 12.3 Å². The minimum absolute atomic E-state index is 0.0474. The number of rotatable bonds is 8. The maximum atomic E-state index is 11.2. The fraction of sp³-hybridized carbons (Fsp3) is 0.833. The van der Waals surface area contributed by atoms with Crippen LogP contribution < -0.4 is 5.26 Å². The summed E-state index contributed by atoms with van der Waals surface area (Å²) in [7, 11) is 3.10. The van der Waals surface area contributed by atoms with Crippen LogP contribution in [-0.2, 0) is 23.7 Å². The quantitative estimate of drug-likeness (QED) is 0.216. The zero-order chi connectivity index (χ0) is 15.4. The van der Waals surface area contributed by atoms with Gasteiger partial charge in [-0.05, 0) is 13.8 Å². The third-order valence-electron chi connectivity index (χ3n) is 2.53. The molecule has 0 aliphatic rings. The molecule has 0 saturated carbocycles. The Bertz CT molecular complexity index is 291. The van der Waals surface area contributed by atoms with Gasteiger partial charge in [-0.25, -0.2) is 4.74 Å². The van der Waals surface area contributed by atoms with E-state index in [0.717, 1.165) is 0 Å². The molecular formula is C12H22O8. The Morgan fingerprint density at radius 3 is 2.00 bits per heavy atom. The second kappa shape index (κ2) is 11.3. The fourth-order valence-corrected chi connectivity index (χ4v) is 1.02. The Kier molecular flexibility index (Phi) is 10.4. The molecule has 0 aromatic heterocycles. The smallest absolute Gasteiger partial charge is 0.628 e. The van der Waals surface area contributed by atoms with Crippen molar-refractivity contribution in [3.05, 3.63) is 0 Å². The third-order valence-corrected chi connectivity index (χ3v) is 2.53. The van der Waals surface area contributed by atoms with Crippen LogP contribution in [0.1, 0.15) is 26.7 Å². The summed E-state index contributed by atoms with van der Waals surface area (Å²) in [5.74, 6) is 0.